The van der Waals surface area contributed by atoms with E-state index in [1.807, 2.05) is 24.3 Å². The lowest BCUT2D eigenvalue weighted by atomic mass is 9.59. The van der Waals surface area contributed by atoms with E-state index in [0.717, 1.165) is 4.47 Å². The van der Waals surface area contributed by atoms with Crippen LogP contribution in [-0.4, -0.2) is 41.8 Å². The molecule has 3 aromatic rings. The number of nitrogens with one attached hydrogen (secondary N) is 2. The molecule has 3 heterocycles. The minimum Gasteiger partial charge on any atom is -0.490 e. The van der Waals surface area contributed by atoms with Gasteiger partial charge in [0.15, 0.2) is 0 Å². The van der Waals surface area contributed by atoms with Crippen LogP contribution in [0.5, 0.6) is 5.75 Å². The van der Waals surface area contributed by atoms with Gasteiger partial charge in [0.25, 0.3) is 0 Å². The molecule has 2 N–H and O–H groups in total. The Bertz CT molecular complexity index is 1560. The van der Waals surface area contributed by atoms with Crippen molar-refractivity contribution in [3.05, 3.63) is 92.7 Å². The normalized spacial score (nSPS) is 24.1. The van der Waals surface area contributed by atoms with Crippen LogP contribution in [0.4, 0.5) is 10.1 Å². The fraction of sp³-hybridized carbons (Fsp3) is 0.323. The predicted molar refractivity (Wildman–Crippen MR) is 156 cm³/mol. The summed E-state index contributed by atoms with van der Waals surface area (Å²) in [6, 6.07) is 16.0. The summed E-state index contributed by atoms with van der Waals surface area (Å²) in [6.45, 7) is 2.76. The molecule has 3 aromatic carbocycles. The maximum Gasteiger partial charge on any atom is 0.238 e. The van der Waals surface area contributed by atoms with Crippen LogP contribution in [0.2, 0.25) is 5.02 Å². The lowest BCUT2D eigenvalue weighted by Gasteiger charge is -2.46. The smallest absolute Gasteiger partial charge is 0.238 e. The number of carbonyl (C=O) groups is 3. The first-order chi connectivity index (χ1) is 19.7. The molecule has 3 amide bonds. The summed E-state index contributed by atoms with van der Waals surface area (Å²) in [4.78, 5) is 41.3. The number of nitrogens with zero attached hydrogens (tertiary/aromatic N) is 1. The van der Waals surface area contributed by atoms with E-state index in [-0.39, 0.29) is 30.2 Å². The van der Waals surface area contributed by atoms with E-state index in [2.05, 4.69) is 26.6 Å². The summed E-state index contributed by atoms with van der Waals surface area (Å²) in [6.07, 6.45) is 1.20. The minimum absolute atomic E-state index is 0.0108. The van der Waals surface area contributed by atoms with Gasteiger partial charge >= 0.3 is 0 Å². The number of fused-ring (bicyclic) bond motifs is 2. The first kappa shape index (κ1) is 27.7. The zero-order valence-electron chi connectivity index (χ0n) is 22.3. The Balaban J connectivity index is 1.50. The van der Waals surface area contributed by atoms with Gasteiger partial charge in [-0.3, -0.25) is 14.4 Å². The van der Waals surface area contributed by atoms with Crippen molar-refractivity contribution in [2.45, 2.75) is 49.7 Å². The monoisotopic (exact) mass is 639 g/mol. The third kappa shape index (κ3) is 4.89. The van der Waals surface area contributed by atoms with Crippen molar-refractivity contribution < 1.29 is 23.5 Å². The van der Waals surface area contributed by atoms with Crippen molar-refractivity contribution in [3.63, 3.8) is 0 Å². The largest absolute Gasteiger partial charge is 0.490 e. The van der Waals surface area contributed by atoms with E-state index in [4.69, 9.17) is 16.3 Å². The molecular formula is C31H28BrClFN3O4. The topological polar surface area (TPSA) is 87.7 Å². The number of hydrogen-bond donors (Lipinski definition) is 2. The molecule has 41 heavy (non-hydrogen) atoms. The molecule has 3 aliphatic heterocycles. The molecule has 1 spiro atoms. The number of hydrogen-bond acceptors (Lipinski definition) is 4. The maximum atomic E-state index is 14.5. The van der Waals surface area contributed by atoms with Crippen molar-refractivity contribution in [1.82, 2.24) is 10.2 Å². The van der Waals surface area contributed by atoms with Gasteiger partial charge in [-0.2, -0.15) is 0 Å². The highest BCUT2D eigenvalue weighted by Gasteiger charge is 2.61. The van der Waals surface area contributed by atoms with E-state index >= 15 is 0 Å². The second kappa shape index (κ2) is 10.8. The first-order valence-electron chi connectivity index (χ1n) is 13.5. The third-order valence-electron chi connectivity index (χ3n) is 8.46. The number of carbonyl (C=O) groups excluding carboxylic acids is 3. The summed E-state index contributed by atoms with van der Waals surface area (Å²) in [5.74, 6) is -1.08. The first-order valence-corrected chi connectivity index (χ1v) is 14.7. The Kier molecular flexibility index (Phi) is 7.28. The van der Waals surface area contributed by atoms with Crippen LogP contribution in [0.15, 0.2) is 65.1 Å². The summed E-state index contributed by atoms with van der Waals surface area (Å²) >= 11 is 9.89. The van der Waals surface area contributed by atoms with Crippen molar-refractivity contribution in [2.24, 2.45) is 0 Å². The SMILES string of the molecule is CC(=O)N1CCC(Oc2ccc(Br)cc2[C@H]2CC(=O)N[C@@H](c3cccc(F)c3)C23C(=O)Nc2cc(Cl)ccc23)CC1. The molecule has 6 rings (SSSR count). The number of likely N-dealkylation sites (tertiary alicyclic amines) is 1. The summed E-state index contributed by atoms with van der Waals surface area (Å²) in [7, 11) is 0. The summed E-state index contributed by atoms with van der Waals surface area (Å²) in [5.41, 5.74) is 1.09. The highest BCUT2D eigenvalue weighted by atomic mass is 79.9. The minimum atomic E-state index is -1.32. The van der Waals surface area contributed by atoms with Gasteiger partial charge in [-0.25, -0.2) is 4.39 Å². The van der Waals surface area contributed by atoms with Crippen LogP contribution in [0.1, 0.15) is 54.8 Å². The van der Waals surface area contributed by atoms with Crippen molar-refractivity contribution >= 4 is 50.9 Å². The molecule has 3 aliphatic rings. The number of halogens is 3. The number of anilines is 1. The van der Waals surface area contributed by atoms with E-state index in [1.54, 1.807) is 36.1 Å². The zero-order chi connectivity index (χ0) is 28.9. The number of ether oxygens (including phenoxy) is 1. The van der Waals surface area contributed by atoms with Crippen LogP contribution in [0, 0.1) is 5.82 Å². The lowest BCUT2D eigenvalue weighted by molar-refractivity contribution is -0.132. The highest BCUT2D eigenvalue weighted by molar-refractivity contribution is 9.10. The van der Waals surface area contributed by atoms with Gasteiger partial charge in [0.1, 0.15) is 23.1 Å². The van der Waals surface area contributed by atoms with Gasteiger partial charge in [-0.15, -0.1) is 0 Å². The van der Waals surface area contributed by atoms with Crippen molar-refractivity contribution in [3.8, 4) is 5.75 Å². The van der Waals surface area contributed by atoms with E-state index < -0.39 is 23.2 Å². The molecule has 0 aliphatic carbocycles. The highest BCUT2D eigenvalue weighted by Crippen LogP contribution is 2.59. The van der Waals surface area contributed by atoms with Crippen LogP contribution < -0.4 is 15.4 Å². The molecule has 1 unspecified atom stereocenters. The maximum absolute atomic E-state index is 14.5. The van der Waals surface area contributed by atoms with Crippen LogP contribution in [-0.2, 0) is 19.8 Å². The number of rotatable bonds is 4. The van der Waals surface area contributed by atoms with Gasteiger partial charge in [-0.05, 0) is 53.6 Å². The molecular weight excluding hydrogens is 613 g/mol. The number of benzene rings is 3. The number of piperidine rings is 2. The second-order valence-corrected chi connectivity index (χ2v) is 12.2. The standard InChI is InChI=1S/C31H28BrClFN3O4/c1-17(38)37-11-9-22(10-12-37)41-27-8-5-19(32)14-23(27)25-16-28(39)36-29(18-3-2-4-21(34)13-18)31(25)24-7-6-20(33)15-26(24)35-30(31)40/h2-8,13-15,22,25,29H,9-12,16H2,1H3,(H,35,40)(H,36,39)/t25-,29+,31?/m1/s1. The van der Waals surface area contributed by atoms with Crippen LogP contribution in [0.3, 0.4) is 0 Å². The summed E-state index contributed by atoms with van der Waals surface area (Å²) in [5, 5.41) is 6.48. The quantitative estimate of drug-likeness (QED) is 0.374. The molecule has 7 nitrogen and oxygen atoms in total. The molecule has 2 fully saturated rings. The molecule has 2 saturated heterocycles. The van der Waals surface area contributed by atoms with E-state index in [0.29, 0.717) is 59.1 Å². The zero-order valence-corrected chi connectivity index (χ0v) is 24.6. The predicted octanol–water partition coefficient (Wildman–Crippen LogP) is 5.87. The third-order valence-corrected chi connectivity index (χ3v) is 9.19. The Morgan fingerprint density at radius 2 is 1.88 bits per heavy atom. The van der Waals surface area contributed by atoms with Gasteiger partial charge in [0, 0.05) is 65.9 Å². The van der Waals surface area contributed by atoms with Crippen molar-refractivity contribution in [2.75, 3.05) is 18.4 Å². The van der Waals surface area contributed by atoms with Crippen LogP contribution >= 0.6 is 27.5 Å². The Hall–Kier alpha value is -3.43. The Labute approximate surface area is 250 Å². The van der Waals surface area contributed by atoms with E-state index in [9.17, 15) is 18.8 Å². The Morgan fingerprint density at radius 3 is 2.61 bits per heavy atom. The molecule has 0 bridgehead atoms. The average molecular weight is 641 g/mol. The fourth-order valence-electron chi connectivity index (χ4n) is 6.60. The average Bonchev–Trinajstić information content (AvgIpc) is 3.22. The van der Waals surface area contributed by atoms with E-state index in [1.165, 1.54) is 12.1 Å². The van der Waals surface area contributed by atoms with Gasteiger partial charge in [0.05, 0.1) is 6.04 Å². The van der Waals surface area contributed by atoms with Gasteiger partial charge in [0.2, 0.25) is 17.7 Å². The van der Waals surface area contributed by atoms with Gasteiger partial charge in [-0.1, -0.05) is 45.7 Å². The number of amides is 3. The molecule has 0 radical (unpaired) electrons. The molecule has 10 heteroatoms. The molecule has 3 atom stereocenters. The van der Waals surface area contributed by atoms with Gasteiger partial charge < -0.3 is 20.3 Å². The second-order valence-electron chi connectivity index (χ2n) is 10.8. The summed E-state index contributed by atoms with van der Waals surface area (Å²) < 4.78 is 21.9. The lowest BCUT2D eigenvalue weighted by Crippen LogP contribution is -2.57. The molecule has 0 aromatic heterocycles. The van der Waals surface area contributed by atoms with Crippen molar-refractivity contribution in [1.29, 1.82) is 0 Å². The fourth-order valence-corrected chi connectivity index (χ4v) is 7.15. The molecule has 212 valence electrons. The van der Waals surface area contributed by atoms with Crippen LogP contribution in [0.25, 0.3) is 0 Å². The molecule has 0 saturated carbocycles. The Morgan fingerprint density at radius 1 is 1.10 bits per heavy atom.